The number of hydrogen-bond acceptors (Lipinski definition) is 1. The van der Waals surface area contributed by atoms with Gasteiger partial charge in [-0.3, -0.25) is 0 Å². The molecule has 2 aliphatic carbocycles. The van der Waals surface area contributed by atoms with Gasteiger partial charge in [0, 0.05) is 6.04 Å². The van der Waals surface area contributed by atoms with E-state index in [0.717, 1.165) is 12.5 Å². The van der Waals surface area contributed by atoms with Crippen LogP contribution in [-0.4, -0.2) is 12.6 Å². The molecule has 0 saturated heterocycles. The Morgan fingerprint density at radius 1 is 1.20 bits per heavy atom. The summed E-state index contributed by atoms with van der Waals surface area (Å²) >= 11 is 0. The highest BCUT2D eigenvalue weighted by molar-refractivity contribution is 5.40. The molecule has 1 aromatic carbocycles. The van der Waals surface area contributed by atoms with Gasteiger partial charge in [0.25, 0.3) is 0 Å². The first-order valence-electron chi connectivity index (χ1n) is 8.54. The quantitative estimate of drug-likeness (QED) is 0.821. The molecule has 2 unspecified atom stereocenters. The lowest BCUT2D eigenvalue weighted by atomic mass is 9.65. The number of benzene rings is 1. The van der Waals surface area contributed by atoms with Gasteiger partial charge in [-0.1, -0.05) is 57.4 Å². The molecule has 1 fully saturated rings. The van der Waals surface area contributed by atoms with Crippen LogP contribution in [0.15, 0.2) is 24.3 Å². The van der Waals surface area contributed by atoms with E-state index in [2.05, 4.69) is 43.4 Å². The number of nitrogens with one attached hydrogen (secondary N) is 1. The van der Waals surface area contributed by atoms with Crippen LogP contribution >= 0.6 is 0 Å². The van der Waals surface area contributed by atoms with E-state index < -0.39 is 0 Å². The van der Waals surface area contributed by atoms with Gasteiger partial charge in [-0.05, 0) is 54.7 Å². The van der Waals surface area contributed by atoms with Gasteiger partial charge in [0.2, 0.25) is 0 Å². The van der Waals surface area contributed by atoms with Crippen LogP contribution in [0.3, 0.4) is 0 Å². The molecule has 0 amide bonds. The summed E-state index contributed by atoms with van der Waals surface area (Å²) in [6.45, 7) is 5.90. The Morgan fingerprint density at radius 2 is 1.95 bits per heavy atom. The lowest BCUT2D eigenvalue weighted by molar-refractivity contribution is 0.131. The van der Waals surface area contributed by atoms with Crippen molar-refractivity contribution in [3.63, 3.8) is 0 Å². The largest absolute Gasteiger partial charge is 0.314 e. The molecule has 2 aliphatic rings. The second-order valence-corrected chi connectivity index (χ2v) is 7.16. The third-order valence-electron chi connectivity index (χ3n) is 5.77. The molecule has 1 heteroatoms. The molecule has 1 saturated carbocycles. The van der Waals surface area contributed by atoms with Gasteiger partial charge in [-0.15, -0.1) is 0 Å². The Bertz CT molecular complexity index is 445. The normalized spacial score (nSPS) is 25.6. The van der Waals surface area contributed by atoms with Gasteiger partial charge in [-0.2, -0.15) is 0 Å². The predicted molar refractivity (Wildman–Crippen MR) is 86.2 cm³/mol. The Kier molecular flexibility index (Phi) is 4.16. The van der Waals surface area contributed by atoms with Crippen molar-refractivity contribution in [3.05, 3.63) is 35.4 Å². The number of hydrogen-bond donors (Lipinski definition) is 1. The summed E-state index contributed by atoms with van der Waals surface area (Å²) in [5, 5.41) is 3.82. The molecule has 110 valence electrons. The van der Waals surface area contributed by atoms with Gasteiger partial charge >= 0.3 is 0 Å². The second kappa shape index (κ2) is 5.89. The summed E-state index contributed by atoms with van der Waals surface area (Å²) in [7, 11) is 0. The van der Waals surface area contributed by atoms with Crippen molar-refractivity contribution in [2.45, 2.75) is 70.8 Å². The zero-order valence-corrected chi connectivity index (χ0v) is 13.1. The predicted octanol–water partition coefficient (Wildman–Crippen LogP) is 4.66. The van der Waals surface area contributed by atoms with Crippen molar-refractivity contribution in [2.24, 2.45) is 5.41 Å². The van der Waals surface area contributed by atoms with E-state index in [4.69, 9.17) is 0 Å². The minimum Gasteiger partial charge on any atom is -0.314 e. The summed E-state index contributed by atoms with van der Waals surface area (Å²) in [6.07, 6.45) is 9.77. The van der Waals surface area contributed by atoms with Crippen molar-refractivity contribution in [2.75, 3.05) is 6.54 Å². The van der Waals surface area contributed by atoms with E-state index in [9.17, 15) is 0 Å². The van der Waals surface area contributed by atoms with E-state index in [1.54, 1.807) is 11.1 Å². The fourth-order valence-electron chi connectivity index (χ4n) is 4.43. The van der Waals surface area contributed by atoms with Crippen LogP contribution in [0.2, 0.25) is 0 Å². The minimum absolute atomic E-state index is 0.527. The van der Waals surface area contributed by atoms with Crippen LogP contribution in [-0.2, 0) is 6.42 Å². The maximum absolute atomic E-state index is 3.82. The molecule has 0 aliphatic heterocycles. The molecule has 0 aromatic heterocycles. The van der Waals surface area contributed by atoms with Crippen LogP contribution < -0.4 is 5.32 Å². The highest BCUT2D eigenvalue weighted by atomic mass is 14.9. The maximum atomic E-state index is 3.82. The molecular weight excluding hydrogens is 242 g/mol. The average Bonchev–Trinajstić information content (AvgIpc) is 2.44. The molecule has 1 aromatic rings. The van der Waals surface area contributed by atoms with Crippen molar-refractivity contribution < 1.29 is 0 Å². The third kappa shape index (κ3) is 2.65. The maximum Gasteiger partial charge on any atom is 0.0127 e. The van der Waals surface area contributed by atoms with Crippen molar-refractivity contribution >= 4 is 0 Å². The first-order chi connectivity index (χ1) is 9.73. The van der Waals surface area contributed by atoms with Crippen LogP contribution in [0.5, 0.6) is 0 Å². The monoisotopic (exact) mass is 271 g/mol. The van der Waals surface area contributed by atoms with Crippen LogP contribution in [0, 0.1) is 5.41 Å². The van der Waals surface area contributed by atoms with Gasteiger partial charge in [0.15, 0.2) is 0 Å². The fraction of sp³-hybridized carbons (Fsp3) is 0.684. The lowest BCUT2D eigenvalue weighted by Crippen LogP contribution is -2.46. The zero-order chi connectivity index (χ0) is 14.0. The molecule has 2 atom stereocenters. The fourth-order valence-corrected chi connectivity index (χ4v) is 4.43. The first kappa shape index (κ1) is 14.1. The summed E-state index contributed by atoms with van der Waals surface area (Å²) < 4.78 is 0. The zero-order valence-electron chi connectivity index (χ0n) is 13.1. The second-order valence-electron chi connectivity index (χ2n) is 7.16. The Labute approximate surface area is 124 Å². The first-order valence-corrected chi connectivity index (χ1v) is 8.54. The Balaban J connectivity index is 1.69. The van der Waals surface area contributed by atoms with Crippen LogP contribution in [0.1, 0.15) is 69.4 Å². The average molecular weight is 271 g/mol. The molecule has 0 radical (unpaired) electrons. The highest BCUT2D eigenvalue weighted by Crippen LogP contribution is 2.45. The van der Waals surface area contributed by atoms with Gasteiger partial charge < -0.3 is 5.32 Å². The van der Waals surface area contributed by atoms with Crippen molar-refractivity contribution in [3.8, 4) is 0 Å². The van der Waals surface area contributed by atoms with Gasteiger partial charge in [-0.25, -0.2) is 0 Å². The Hall–Kier alpha value is -0.820. The SMILES string of the molecule is CCNC(CC1Cc2ccccc21)C1(C)CCCCC1. The summed E-state index contributed by atoms with van der Waals surface area (Å²) in [4.78, 5) is 0. The molecule has 20 heavy (non-hydrogen) atoms. The van der Waals surface area contributed by atoms with E-state index in [1.165, 1.54) is 44.9 Å². The highest BCUT2D eigenvalue weighted by Gasteiger charge is 2.38. The topological polar surface area (TPSA) is 12.0 Å². The van der Waals surface area contributed by atoms with E-state index >= 15 is 0 Å². The smallest absolute Gasteiger partial charge is 0.0127 e. The van der Waals surface area contributed by atoms with E-state index in [1.807, 2.05) is 0 Å². The van der Waals surface area contributed by atoms with Gasteiger partial charge in [0.1, 0.15) is 0 Å². The molecule has 0 heterocycles. The Morgan fingerprint density at radius 3 is 2.65 bits per heavy atom. The third-order valence-corrected chi connectivity index (χ3v) is 5.77. The van der Waals surface area contributed by atoms with Crippen LogP contribution in [0.25, 0.3) is 0 Å². The van der Waals surface area contributed by atoms with Crippen molar-refractivity contribution in [1.29, 1.82) is 0 Å². The molecule has 3 rings (SSSR count). The van der Waals surface area contributed by atoms with Crippen LogP contribution in [0.4, 0.5) is 0 Å². The van der Waals surface area contributed by atoms with E-state index in [0.29, 0.717) is 11.5 Å². The molecule has 1 N–H and O–H groups in total. The standard InChI is InChI=1S/C19H29N/c1-3-20-18(19(2)11-7-4-8-12-19)14-16-13-15-9-5-6-10-17(15)16/h5-6,9-10,16,18,20H,3-4,7-8,11-14H2,1-2H3. The molecular formula is C19H29N. The van der Waals surface area contributed by atoms with E-state index in [-0.39, 0.29) is 0 Å². The summed E-state index contributed by atoms with van der Waals surface area (Å²) in [6, 6.07) is 9.73. The minimum atomic E-state index is 0.527. The van der Waals surface area contributed by atoms with Crippen molar-refractivity contribution in [1.82, 2.24) is 5.32 Å². The summed E-state index contributed by atoms with van der Waals surface area (Å²) in [5.74, 6) is 0.800. The molecule has 0 spiro atoms. The molecule has 0 bridgehead atoms. The number of fused-ring (bicyclic) bond motifs is 1. The summed E-state index contributed by atoms with van der Waals surface area (Å²) in [5.41, 5.74) is 3.73. The van der Waals surface area contributed by atoms with Gasteiger partial charge in [0.05, 0.1) is 0 Å². The molecule has 1 nitrogen and oxygen atoms in total. The number of rotatable bonds is 5. The lowest BCUT2D eigenvalue weighted by Gasteiger charge is -2.44.